The summed E-state index contributed by atoms with van der Waals surface area (Å²) in [5.74, 6) is -0.716. The van der Waals surface area contributed by atoms with E-state index >= 15 is 0 Å². The molecule has 0 radical (unpaired) electrons. The number of nitrogens with zero attached hydrogens (tertiary/aromatic N) is 2. The van der Waals surface area contributed by atoms with E-state index in [0.29, 0.717) is 5.69 Å². The lowest BCUT2D eigenvalue weighted by Crippen LogP contribution is -2.49. The Morgan fingerprint density at radius 3 is 2.42 bits per heavy atom. The van der Waals surface area contributed by atoms with Crippen LogP contribution >= 0.6 is 0 Å². The number of ether oxygens (including phenoxy) is 1. The average Bonchev–Trinajstić information content (AvgIpc) is 2.73. The third kappa shape index (κ3) is 6.01. The molecule has 0 spiro atoms. The zero-order valence-electron chi connectivity index (χ0n) is 17.8. The average molecular weight is 423 g/mol. The van der Waals surface area contributed by atoms with Crippen LogP contribution in [0.5, 0.6) is 5.75 Å². The van der Waals surface area contributed by atoms with Crippen molar-refractivity contribution < 1.29 is 13.9 Å². The number of carbonyl (C=O) groups is 1. The summed E-state index contributed by atoms with van der Waals surface area (Å²) in [6.45, 7) is 5.70. The fourth-order valence-corrected chi connectivity index (χ4v) is 2.94. The summed E-state index contributed by atoms with van der Waals surface area (Å²) in [6, 6.07) is 18.1. The van der Waals surface area contributed by atoms with Gasteiger partial charge in [-0.1, -0.05) is 63.2 Å². The third-order valence-electron chi connectivity index (χ3n) is 4.85. The predicted molar refractivity (Wildman–Crippen MR) is 117 cm³/mol. The van der Waals surface area contributed by atoms with E-state index < -0.39 is 11.9 Å². The van der Waals surface area contributed by atoms with E-state index in [1.165, 1.54) is 18.2 Å². The quantitative estimate of drug-likeness (QED) is 0.630. The monoisotopic (exact) mass is 423 g/mol. The molecule has 0 saturated carbocycles. The Labute approximate surface area is 180 Å². The van der Waals surface area contributed by atoms with Crippen molar-refractivity contribution in [2.75, 3.05) is 6.61 Å². The van der Waals surface area contributed by atoms with Crippen molar-refractivity contribution in [2.45, 2.75) is 33.4 Å². The van der Waals surface area contributed by atoms with Crippen LogP contribution in [0.1, 0.15) is 20.8 Å². The minimum atomic E-state index is -0.463. The summed E-state index contributed by atoms with van der Waals surface area (Å²) in [5, 5.41) is 7.22. The molecular formula is C24H26FN3O3. The molecule has 2 aromatic carbocycles. The molecule has 0 aliphatic heterocycles. The number of hydrogen-bond donors (Lipinski definition) is 1. The number of halogens is 1. The number of carbonyl (C=O) groups excluding carboxylic acids is 1. The lowest BCUT2D eigenvalue weighted by Gasteiger charge is -2.31. The maximum absolute atomic E-state index is 13.9. The summed E-state index contributed by atoms with van der Waals surface area (Å²) >= 11 is 0. The van der Waals surface area contributed by atoms with Crippen LogP contribution in [0.4, 0.5) is 4.39 Å². The molecule has 3 rings (SSSR count). The van der Waals surface area contributed by atoms with Crippen molar-refractivity contribution >= 4 is 5.91 Å². The Balaban J connectivity index is 1.71. The molecule has 3 aromatic rings. The van der Waals surface area contributed by atoms with Crippen LogP contribution < -0.4 is 15.6 Å². The highest BCUT2D eigenvalue weighted by molar-refractivity contribution is 5.76. The van der Waals surface area contributed by atoms with Gasteiger partial charge in [0.05, 0.1) is 11.7 Å². The Kier molecular flexibility index (Phi) is 6.84. The van der Waals surface area contributed by atoms with Crippen LogP contribution in [0.3, 0.4) is 0 Å². The molecule has 0 bridgehead atoms. The van der Waals surface area contributed by atoms with Gasteiger partial charge in [0.15, 0.2) is 11.6 Å². The first kappa shape index (κ1) is 22.2. The molecule has 1 N–H and O–H groups in total. The molecule has 1 heterocycles. The maximum Gasteiger partial charge on any atom is 0.267 e. The van der Waals surface area contributed by atoms with Gasteiger partial charge in [-0.25, -0.2) is 9.07 Å². The standard InChI is InChI=1S/C24H26FN3O3/c1-24(2,3)21(16-31-20-12-8-7-11-18(20)25)26-22(29)15-28-23(30)14-13-19(27-28)17-9-5-4-6-10-17/h4-14,21H,15-16H2,1-3H3,(H,26,29). The number of benzene rings is 2. The molecule has 0 aliphatic rings. The highest BCUT2D eigenvalue weighted by atomic mass is 19.1. The number of amides is 1. The van der Waals surface area contributed by atoms with Crippen molar-refractivity contribution in [3.05, 3.63) is 82.9 Å². The maximum atomic E-state index is 13.9. The van der Waals surface area contributed by atoms with Crippen molar-refractivity contribution in [2.24, 2.45) is 5.41 Å². The van der Waals surface area contributed by atoms with Crippen molar-refractivity contribution in [3.63, 3.8) is 0 Å². The van der Waals surface area contributed by atoms with Gasteiger partial charge in [0.25, 0.3) is 5.56 Å². The molecule has 31 heavy (non-hydrogen) atoms. The van der Waals surface area contributed by atoms with Gasteiger partial charge < -0.3 is 10.1 Å². The fraction of sp³-hybridized carbons (Fsp3) is 0.292. The highest BCUT2D eigenvalue weighted by Gasteiger charge is 2.27. The van der Waals surface area contributed by atoms with E-state index in [1.54, 1.807) is 18.2 Å². The Morgan fingerprint density at radius 1 is 1.06 bits per heavy atom. The number of hydrogen-bond acceptors (Lipinski definition) is 4. The predicted octanol–water partition coefficient (Wildman–Crippen LogP) is 3.66. The van der Waals surface area contributed by atoms with Crippen molar-refractivity contribution in [3.8, 4) is 17.0 Å². The van der Waals surface area contributed by atoms with Gasteiger partial charge >= 0.3 is 0 Å². The molecule has 1 aromatic heterocycles. The highest BCUT2D eigenvalue weighted by Crippen LogP contribution is 2.22. The van der Waals surface area contributed by atoms with Crippen LogP contribution in [0.2, 0.25) is 0 Å². The van der Waals surface area contributed by atoms with E-state index in [0.717, 1.165) is 10.2 Å². The smallest absolute Gasteiger partial charge is 0.267 e. The second-order valence-corrected chi connectivity index (χ2v) is 8.31. The second kappa shape index (κ2) is 9.55. The Bertz CT molecular complexity index is 1090. The van der Waals surface area contributed by atoms with Crippen LogP contribution in [-0.2, 0) is 11.3 Å². The van der Waals surface area contributed by atoms with E-state index in [2.05, 4.69) is 10.4 Å². The second-order valence-electron chi connectivity index (χ2n) is 8.31. The van der Waals surface area contributed by atoms with E-state index in [1.807, 2.05) is 51.1 Å². The van der Waals surface area contributed by atoms with Crippen LogP contribution in [0.25, 0.3) is 11.3 Å². The van der Waals surface area contributed by atoms with E-state index in [9.17, 15) is 14.0 Å². The largest absolute Gasteiger partial charge is 0.488 e. The van der Waals surface area contributed by atoms with Gasteiger partial charge in [0.2, 0.25) is 5.91 Å². The van der Waals surface area contributed by atoms with Crippen LogP contribution in [-0.4, -0.2) is 28.3 Å². The molecule has 7 heteroatoms. The first-order chi connectivity index (χ1) is 14.7. The Hall–Kier alpha value is -3.48. The number of aromatic nitrogens is 2. The summed E-state index contributed by atoms with van der Waals surface area (Å²) < 4.78 is 20.6. The number of nitrogens with one attached hydrogen (secondary N) is 1. The van der Waals surface area contributed by atoms with E-state index in [-0.39, 0.29) is 35.8 Å². The van der Waals surface area contributed by atoms with Gasteiger partial charge in [0, 0.05) is 11.6 Å². The molecule has 1 unspecified atom stereocenters. The first-order valence-corrected chi connectivity index (χ1v) is 10.0. The van der Waals surface area contributed by atoms with Crippen molar-refractivity contribution in [1.29, 1.82) is 0 Å². The minimum Gasteiger partial charge on any atom is -0.488 e. The summed E-state index contributed by atoms with van der Waals surface area (Å²) in [7, 11) is 0. The summed E-state index contributed by atoms with van der Waals surface area (Å²) in [6.07, 6.45) is 0. The lowest BCUT2D eigenvalue weighted by molar-refractivity contribution is -0.123. The first-order valence-electron chi connectivity index (χ1n) is 10.0. The lowest BCUT2D eigenvalue weighted by atomic mass is 9.87. The molecule has 0 saturated heterocycles. The van der Waals surface area contributed by atoms with Gasteiger partial charge in [-0.3, -0.25) is 9.59 Å². The zero-order valence-corrected chi connectivity index (χ0v) is 17.8. The minimum absolute atomic E-state index is 0.0859. The molecule has 0 aliphatic carbocycles. The summed E-state index contributed by atoms with van der Waals surface area (Å²) in [4.78, 5) is 24.9. The molecule has 1 amide bonds. The van der Waals surface area contributed by atoms with Crippen LogP contribution in [0.15, 0.2) is 71.5 Å². The zero-order chi connectivity index (χ0) is 22.4. The molecule has 162 valence electrons. The molecular weight excluding hydrogens is 397 g/mol. The number of rotatable bonds is 7. The van der Waals surface area contributed by atoms with Gasteiger partial charge in [-0.15, -0.1) is 0 Å². The number of para-hydroxylation sites is 1. The van der Waals surface area contributed by atoms with Crippen LogP contribution in [0, 0.1) is 11.2 Å². The molecule has 6 nitrogen and oxygen atoms in total. The fourth-order valence-electron chi connectivity index (χ4n) is 2.94. The van der Waals surface area contributed by atoms with E-state index in [4.69, 9.17) is 4.74 Å². The third-order valence-corrected chi connectivity index (χ3v) is 4.85. The SMILES string of the molecule is CC(C)(C)C(COc1ccccc1F)NC(=O)Cn1nc(-c2ccccc2)ccc1=O. The summed E-state index contributed by atoms with van der Waals surface area (Å²) in [5.41, 5.74) is 0.723. The Morgan fingerprint density at radius 2 is 1.74 bits per heavy atom. The van der Waals surface area contributed by atoms with Crippen molar-refractivity contribution in [1.82, 2.24) is 15.1 Å². The van der Waals surface area contributed by atoms with Gasteiger partial charge in [-0.2, -0.15) is 5.10 Å². The normalized spacial score (nSPS) is 12.3. The van der Waals surface area contributed by atoms with Gasteiger partial charge in [-0.05, 0) is 23.6 Å². The van der Waals surface area contributed by atoms with Gasteiger partial charge in [0.1, 0.15) is 13.2 Å². The molecule has 1 atom stereocenters. The molecule has 0 fully saturated rings. The topological polar surface area (TPSA) is 73.2 Å².